The van der Waals surface area contributed by atoms with Crippen LogP contribution in [0.4, 0.5) is 14.5 Å². The minimum Gasteiger partial charge on any atom is -0.351 e. The van der Waals surface area contributed by atoms with Crippen molar-refractivity contribution in [3.05, 3.63) is 70.7 Å². The number of nitrogens with zero attached hydrogens (tertiary/aromatic N) is 2. The molecule has 0 radical (unpaired) electrons. The Bertz CT molecular complexity index is 962. The summed E-state index contributed by atoms with van der Waals surface area (Å²) < 4.78 is 26.2. The van der Waals surface area contributed by atoms with Crippen LogP contribution in [-0.4, -0.2) is 27.8 Å². The number of hydrogen-bond acceptors (Lipinski definition) is 6. The average Bonchev–Trinajstić information content (AvgIpc) is 3.17. The summed E-state index contributed by atoms with van der Waals surface area (Å²) in [6.07, 6.45) is 0. The molecule has 0 aliphatic heterocycles. The molecule has 0 saturated heterocycles. The van der Waals surface area contributed by atoms with E-state index < -0.39 is 11.7 Å². The minimum absolute atomic E-state index is 0.107. The molecule has 0 aliphatic carbocycles. The van der Waals surface area contributed by atoms with Crippen LogP contribution in [0.15, 0.2) is 52.9 Å². The maximum absolute atomic E-state index is 12.9. The van der Waals surface area contributed by atoms with Gasteiger partial charge in [-0.25, -0.2) is 8.78 Å². The van der Waals surface area contributed by atoms with Gasteiger partial charge in [0.2, 0.25) is 10.9 Å². The van der Waals surface area contributed by atoms with Gasteiger partial charge in [0.25, 0.3) is 5.91 Å². The second-order valence-electron chi connectivity index (χ2n) is 5.53. The van der Waals surface area contributed by atoms with E-state index in [0.29, 0.717) is 16.6 Å². The molecule has 1 aromatic heterocycles. The molecule has 3 aromatic rings. The third kappa shape index (κ3) is 5.83. The Kier molecular flexibility index (Phi) is 6.66. The first kappa shape index (κ1) is 19.9. The number of hydrogen-bond donors (Lipinski definition) is 2. The highest BCUT2D eigenvalue weighted by Gasteiger charge is 2.14. The molecule has 0 spiro atoms. The number of amides is 2. The zero-order chi connectivity index (χ0) is 19.9. The van der Waals surface area contributed by atoms with Crippen LogP contribution in [0.5, 0.6) is 0 Å². The lowest BCUT2D eigenvalue weighted by Crippen LogP contribution is -2.24. The normalized spacial score (nSPS) is 10.5. The second-order valence-corrected chi connectivity index (χ2v) is 7.73. The molecule has 0 atom stereocenters. The number of anilines is 1. The molecule has 0 aliphatic rings. The van der Waals surface area contributed by atoms with E-state index in [1.807, 2.05) is 0 Å². The standard InChI is InChI=1S/C18H14F2N4O2S2/c19-12-3-1-11(2-4-12)9-21-15(25)10-27-18-24-23-17(28-18)16(26)22-14-7-5-13(20)6-8-14/h1-8H,9-10H2,(H,21,25)(H,22,26). The lowest BCUT2D eigenvalue weighted by Gasteiger charge is -2.04. The molecule has 2 N–H and O–H groups in total. The van der Waals surface area contributed by atoms with E-state index in [2.05, 4.69) is 20.8 Å². The van der Waals surface area contributed by atoms with Crippen molar-refractivity contribution < 1.29 is 18.4 Å². The lowest BCUT2D eigenvalue weighted by atomic mass is 10.2. The molecule has 0 fully saturated rings. The Morgan fingerprint density at radius 1 is 0.964 bits per heavy atom. The van der Waals surface area contributed by atoms with E-state index in [0.717, 1.165) is 28.7 Å². The fourth-order valence-electron chi connectivity index (χ4n) is 2.06. The van der Waals surface area contributed by atoms with E-state index >= 15 is 0 Å². The third-order valence-corrected chi connectivity index (χ3v) is 5.49. The van der Waals surface area contributed by atoms with E-state index in [9.17, 15) is 18.4 Å². The summed E-state index contributed by atoms with van der Waals surface area (Å²) in [4.78, 5) is 24.0. The Balaban J connectivity index is 1.45. The number of carbonyl (C=O) groups excluding carboxylic acids is 2. The molecule has 144 valence electrons. The first-order valence-electron chi connectivity index (χ1n) is 8.04. The molecule has 10 heteroatoms. The van der Waals surface area contributed by atoms with Crippen molar-refractivity contribution in [2.24, 2.45) is 0 Å². The summed E-state index contributed by atoms with van der Waals surface area (Å²) in [5.41, 5.74) is 1.23. The van der Waals surface area contributed by atoms with Crippen molar-refractivity contribution in [2.75, 3.05) is 11.1 Å². The lowest BCUT2D eigenvalue weighted by molar-refractivity contribution is -0.118. The van der Waals surface area contributed by atoms with Gasteiger partial charge in [0.15, 0.2) is 4.34 Å². The summed E-state index contributed by atoms with van der Waals surface area (Å²) >= 11 is 2.21. The van der Waals surface area contributed by atoms with Crippen LogP contribution in [0.1, 0.15) is 15.4 Å². The van der Waals surface area contributed by atoms with Gasteiger partial charge >= 0.3 is 0 Å². The van der Waals surface area contributed by atoms with Gasteiger partial charge in [0, 0.05) is 12.2 Å². The van der Waals surface area contributed by atoms with Crippen LogP contribution in [-0.2, 0) is 11.3 Å². The zero-order valence-corrected chi connectivity index (χ0v) is 15.9. The maximum atomic E-state index is 12.9. The van der Waals surface area contributed by atoms with Gasteiger partial charge in [-0.3, -0.25) is 9.59 Å². The molecule has 0 saturated carbocycles. The molecular weight excluding hydrogens is 406 g/mol. The van der Waals surface area contributed by atoms with Crippen molar-refractivity contribution in [3.8, 4) is 0 Å². The number of thioether (sulfide) groups is 1. The van der Waals surface area contributed by atoms with Crippen molar-refractivity contribution in [1.82, 2.24) is 15.5 Å². The zero-order valence-electron chi connectivity index (χ0n) is 14.3. The average molecular weight is 420 g/mol. The summed E-state index contributed by atoms with van der Waals surface area (Å²) in [6.45, 7) is 0.293. The highest BCUT2D eigenvalue weighted by atomic mass is 32.2. The van der Waals surface area contributed by atoms with Gasteiger partial charge in [-0.1, -0.05) is 35.2 Å². The van der Waals surface area contributed by atoms with Gasteiger partial charge in [0.1, 0.15) is 11.6 Å². The Morgan fingerprint density at radius 3 is 2.29 bits per heavy atom. The number of nitrogens with one attached hydrogen (secondary N) is 2. The quantitative estimate of drug-likeness (QED) is 0.572. The molecule has 0 bridgehead atoms. The van der Waals surface area contributed by atoms with E-state index in [1.165, 1.54) is 36.4 Å². The minimum atomic E-state index is -0.461. The number of benzene rings is 2. The first-order valence-corrected chi connectivity index (χ1v) is 9.84. The number of carbonyl (C=O) groups is 2. The molecule has 3 rings (SSSR count). The van der Waals surface area contributed by atoms with Crippen molar-refractivity contribution in [3.63, 3.8) is 0 Å². The summed E-state index contributed by atoms with van der Waals surface area (Å²) in [6, 6.07) is 11.2. The largest absolute Gasteiger partial charge is 0.351 e. The predicted molar refractivity (Wildman–Crippen MR) is 103 cm³/mol. The van der Waals surface area contributed by atoms with Gasteiger partial charge in [0.05, 0.1) is 5.75 Å². The first-order chi connectivity index (χ1) is 13.5. The second kappa shape index (κ2) is 9.38. The van der Waals surface area contributed by atoms with Gasteiger partial charge in [-0.05, 0) is 42.0 Å². The van der Waals surface area contributed by atoms with Gasteiger partial charge in [-0.2, -0.15) is 0 Å². The SMILES string of the molecule is O=C(CSc1nnc(C(=O)Nc2ccc(F)cc2)s1)NCc1ccc(F)cc1. The third-order valence-electron chi connectivity index (χ3n) is 3.43. The van der Waals surface area contributed by atoms with Crippen molar-refractivity contribution >= 4 is 40.6 Å². The fourth-order valence-corrected chi connectivity index (χ4v) is 3.64. The number of halogens is 2. The topological polar surface area (TPSA) is 84.0 Å². The Hall–Kier alpha value is -2.85. The van der Waals surface area contributed by atoms with Crippen LogP contribution < -0.4 is 10.6 Å². The molecular formula is C18H14F2N4O2S2. The summed E-state index contributed by atoms with van der Waals surface area (Å²) in [7, 11) is 0. The van der Waals surface area contributed by atoms with E-state index in [4.69, 9.17) is 0 Å². The number of rotatable bonds is 7. The van der Waals surface area contributed by atoms with Crippen LogP contribution in [0, 0.1) is 11.6 Å². The highest BCUT2D eigenvalue weighted by molar-refractivity contribution is 8.01. The molecule has 2 aromatic carbocycles. The van der Waals surface area contributed by atoms with Gasteiger partial charge in [-0.15, -0.1) is 10.2 Å². The molecule has 28 heavy (non-hydrogen) atoms. The van der Waals surface area contributed by atoms with Crippen LogP contribution >= 0.6 is 23.1 Å². The van der Waals surface area contributed by atoms with Crippen molar-refractivity contribution in [1.29, 1.82) is 0 Å². The van der Waals surface area contributed by atoms with Gasteiger partial charge < -0.3 is 10.6 Å². The predicted octanol–water partition coefficient (Wildman–Crippen LogP) is 3.48. The van der Waals surface area contributed by atoms with E-state index in [-0.39, 0.29) is 22.5 Å². The van der Waals surface area contributed by atoms with Crippen molar-refractivity contribution in [2.45, 2.75) is 10.9 Å². The van der Waals surface area contributed by atoms with Crippen LogP contribution in [0.2, 0.25) is 0 Å². The molecule has 2 amide bonds. The fraction of sp³-hybridized carbons (Fsp3) is 0.111. The molecule has 1 heterocycles. The Morgan fingerprint density at radius 2 is 1.61 bits per heavy atom. The molecule has 0 unspecified atom stereocenters. The summed E-state index contributed by atoms with van der Waals surface area (Å²) in [5.74, 6) is -1.31. The Labute approximate surface area is 167 Å². The maximum Gasteiger partial charge on any atom is 0.286 e. The van der Waals surface area contributed by atoms with Crippen LogP contribution in [0.3, 0.4) is 0 Å². The van der Waals surface area contributed by atoms with E-state index in [1.54, 1.807) is 12.1 Å². The summed E-state index contributed by atoms with van der Waals surface area (Å²) in [5, 5.41) is 13.1. The number of aromatic nitrogens is 2. The highest BCUT2D eigenvalue weighted by Crippen LogP contribution is 2.23. The van der Waals surface area contributed by atoms with Crippen LogP contribution in [0.25, 0.3) is 0 Å². The molecule has 6 nitrogen and oxygen atoms in total. The smallest absolute Gasteiger partial charge is 0.286 e. The monoisotopic (exact) mass is 420 g/mol.